The van der Waals surface area contributed by atoms with Crippen LogP contribution >= 0.6 is 0 Å². The van der Waals surface area contributed by atoms with Crippen LogP contribution in [0.5, 0.6) is 0 Å². The Balaban J connectivity index is 1.91. The Kier molecular flexibility index (Phi) is 3.06. The minimum atomic E-state index is -0.273. The quantitative estimate of drug-likeness (QED) is 0.726. The third-order valence-corrected chi connectivity index (χ3v) is 5.32. The number of piperazine rings is 1. The number of fused-ring (bicyclic) bond motifs is 1. The van der Waals surface area contributed by atoms with E-state index in [-0.39, 0.29) is 29.4 Å². The minimum absolute atomic E-state index is 0.0981. The van der Waals surface area contributed by atoms with Gasteiger partial charge in [-0.05, 0) is 39.5 Å². The molecule has 3 rings (SSSR count). The fourth-order valence-electron chi connectivity index (χ4n) is 4.28. The van der Waals surface area contributed by atoms with E-state index in [4.69, 9.17) is 0 Å². The zero-order valence-corrected chi connectivity index (χ0v) is 12.0. The standard InChI is InChI=1S/C15H24N2O2/c1-11-13(18)16-10-6-7-12(16)14(19)17(11)15(2)8-4-3-5-9-15/h11-12H,3-10H2,1-2H3. The van der Waals surface area contributed by atoms with Gasteiger partial charge >= 0.3 is 0 Å². The maximum Gasteiger partial charge on any atom is 0.246 e. The number of hydrogen-bond acceptors (Lipinski definition) is 2. The number of rotatable bonds is 1. The predicted molar refractivity (Wildman–Crippen MR) is 72.5 cm³/mol. The van der Waals surface area contributed by atoms with Crippen molar-refractivity contribution in [3.63, 3.8) is 0 Å². The average Bonchev–Trinajstić information content (AvgIpc) is 2.86. The van der Waals surface area contributed by atoms with E-state index in [1.807, 2.05) is 16.7 Å². The molecule has 0 aromatic heterocycles. The summed E-state index contributed by atoms with van der Waals surface area (Å²) in [5.74, 6) is 0.364. The summed E-state index contributed by atoms with van der Waals surface area (Å²) in [6.45, 7) is 4.86. The molecule has 3 fully saturated rings. The molecule has 2 heterocycles. The third-order valence-electron chi connectivity index (χ3n) is 5.32. The van der Waals surface area contributed by atoms with Gasteiger partial charge < -0.3 is 9.80 Å². The summed E-state index contributed by atoms with van der Waals surface area (Å²) >= 11 is 0. The van der Waals surface area contributed by atoms with Crippen molar-refractivity contribution in [3.8, 4) is 0 Å². The van der Waals surface area contributed by atoms with Gasteiger partial charge in [0.1, 0.15) is 12.1 Å². The molecule has 4 heteroatoms. The van der Waals surface area contributed by atoms with Gasteiger partial charge in [0.2, 0.25) is 11.8 Å². The molecule has 0 aromatic rings. The first-order chi connectivity index (χ1) is 9.04. The smallest absolute Gasteiger partial charge is 0.246 e. The lowest BCUT2D eigenvalue weighted by Gasteiger charge is -2.51. The molecule has 3 aliphatic rings. The van der Waals surface area contributed by atoms with E-state index >= 15 is 0 Å². The highest BCUT2D eigenvalue weighted by Crippen LogP contribution is 2.39. The van der Waals surface area contributed by atoms with Crippen LogP contribution in [0.25, 0.3) is 0 Å². The molecule has 0 spiro atoms. The number of carbonyl (C=O) groups is 2. The first kappa shape index (κ1) is 12.9. The predicted octanol–water partition coefficient (Wildman–Crippen LogP) is 1.93. The Morgan fingerprint density at radius 2 is 1.74 bits per heavy atom. The van der Waals surface area contributed by atoms with Gasteiger partial charge in [-0.15, -0.1) is 0 Å². The normalized spacial score (nSPS) is 34.6. The van der Waals surface area contributed by atoms with Crippen LogP contribution in [0, 0.1) is 0 Å². The van der Waals surface area contributed by atoms with E-state index in [2.05, 4.69) is 6.92 Å². The molecule has 2 aliphatic heterocycles. The van der Waals surface area contributed by atoms with E-state index in [9.17, 15) is 9.59 Å². The Labute approximate surface area is 115 Å². The monoisotopic (exact) mass is 264 g/mol. The maximum absolute atomic E-state index is 12.8. The maximum atomic E-state index is 12.8. The van der Waals surface area contributed by atoms with Crippen LogP contribution < -0.4 is 0 Å². The fraction of sp³-hybridized carbons (Fsp3) is 0.867. The van der Waals surface area contributed by atoms with Crippen LogP contribution in [-0.2, 0) is 9.59 Å². The van der Waals surface area contributed by atoms with E-state index in [0.29, 0.717) is 0 Å². The zero-order chi connectivity index (χ0) is 13.6. The second kappa shape index (κ2) is 4.50. The summed E-state index contributed by atoms with van der Waals surface area (Å²) in [5, 5.41) is 0. The third kappa shape index (κ3) is 1.87. The van der Waals surface area contributed by atoms with E-state index in [1.54, 1.807) is 0 Å². The molecule has 0 bridgehead atoms. The fourth-order valence-corrected chi connectivity index (χ4v) is 4.28. The molecular formula is C15H24N2O2. The second-order valence-electron chi connectivity index (χ2n) is 6.63. The number of hydrogen-bond donors (Lipinski definition) is 0. The minimum Gasteiger partial charge on any atom is -0.329 e. The largest absolute Gasteiger partial charge is 0.329 e. The molecule has 2 saturated heterocycles. The molecule has 0 radical (unpaired) electrons. The van der Waals surface area contributed by atoms with Crippen molar-refractivity contribution >= 4 is 11.8 Å². The van der Waals surface area contributed by atoms with Crippen molar-refractivity contribution in [2.24, 2.45) is 0 Å². The van der Waals surface area contributed by atoms with Gasteiger partial charge in [-0.2, -0.15) is 0 Å². The molecule has 1 saturated carbocycles. The van der Waals surface area contributed by atoms with Crippen molar-refractivity contribution in [2.45, 2.75) is 76.4 Å². The van der Waals surface area contributed by atoms with Crippen LogP contribution in [0.2, 0.25) is 0 Å². The first-order valence-corrected chi connectivity index (χ1v) is 7.68. The summed E-state index contributed by atoms with van der Waals surface area (Å²) in [7, 11) is 0. The zero-order valence-electron chi connectivity index (χ0n) is 12.0. The molecule has 1 aliphatic carbocycles. The molecule has 2 atom stereocenters. The number of carbonyl (C=O) groups excluding carboxylic acids is 2. The summed E-state index contributed by atoms with van der Waals surface area (Å²) in [6.07, 6.45) is 7.52. The second-order valence-corrected chi connectivity index (χ2v) is 6.63. The lowest BCUT2D eigenvalue weighted by Crippen LogP contribution is -2.68. The van der Waals surface area contributed by atoms with Crippen molar-refractivity contribution in [3.05, 3.63) is 0 Å². The van der Waals surface area contributed by atoms with E-state index in [1.165, 1.54) is 19.3 Å². The number of nitrogens with zero attached hydrogens (tertiary/aromatic N) is 2. The number of amides is 2. The summed E-state index contributed by atoms with van der Waals surface area (Å²) in [5.41, 5.74) is -0.0981. The Hall–Kier alpha value is -1.06. The molecule has 106 valence electrons. The van der Waals surface area contributed by atoms with Crippen LogP contribution in [0.4, 0.5) is 0 Å². The van der Waals surface area contributed by atoms with Gasteiger partial charge in [-0.25, -0.2) is 0 Å². The highest BCUT2D eigenvalue weighted by molar-refractivity contribution is 5.97. The van der Waals surface area contributed by atoms with Gasteiger partial charge in [0, 0.05) is 12.1 Å². The molecule has 0 aromatic carbocycles. The van der Waals surface area contributed by atoms with Crippen LogP contribution in [0.3, 0.4) is 0 Å². The molecule has 2 amide bonds. The lowest BCUT2D eigenvalue weighted by molar-refractivity contribution is -0.166. The van der Waals surface area contributed by atoms with Crippen molar-refractivity contribution in [1.82, 2.24) is 9.80 Å². The van der Waals surface area contributed by atoms with Crippen LogP contribution in [0.15, 0.2) is 0 Å². The van der Waals surface area contributed by atoms with Crippen LogP contribution in [-0.4, -0.2) is 45.8 Å². The topological polar surface area (TPSA) is 40.6 Å². The van der Waals surface area contributed by atoms with Gasteiger partial charge in [0.15, 0.2) is 0 Å². The summed E-state index contributed by atoms with van der Waals surface area (Å²) in [6, 6.07) is -0.438. The first-order valence-electron chi connectivity index (χ1n) is 7.68. The van der Waals surface area contributed by atoms with Crippen molar-refractivity contribution in [2.75, 3.05) is 6.54 Å². The summed E-state index contributed by atoms with van der Waals surface area (Å²) < 4.78 is 0. The van der Waals surface area contributed by atoms with Crippen molar-refractivity contribution < 1.29 is 9.59 Å². The summed E-state index contributed by atoms with van der Waals surface area (Å²) in [4.78, 5) is 29.0. The van der Waals surface area contributed by atoms with E-state index < -0.39 is 0 Å². The average molecular weight is 264 g/mol. The van der Waals surface area contributed by atoms with Gasteiger partial charge in [0.25, 0.3) is 0 Å². The molecule has 19 heavy (non-hydrogen) atoms. The highest BCUT2D eigenvalue weighted by Gasteiger charge is 2.51. The van der Waals surface area contributed by atoms with Crippen LogP contribution in [0.1, 0.15) is 58.8 Å². The van der Waals surface area contributed by atoms with Gasteiger partial charge in [0.05, 0.1) is 0 Å². The molecule has 0 N–H and O–H groups in total. The highest BCUT2D eigenvalue weighted by atomic mass is 16.2. The van der Waals surface area contributed by atoms with E-state index in [0.717, 1.165) is 32.2 Å². The Bertz CT molecular complexity index is 401. The van der Waals surface area contributed by atoms with Crippen molar-refractivity contribution in [1.29, 1.82) is 0 Å². The molecule has 2 unspecified atom stereocenters. The molecular weight excluding hydrogens is 240 g/mol. The molecule has 4 nitrogen and oxygen atoms in total. The van der Waals surface area contributed by atoms with Gasteiger partial charge in [-0.3, -0.25) is 9.59 Å². The van der Waals surface area contributed by atoms with Gasteiger partial charge in [-0.1, -0.05) is 19.3 Å². The Morgan fingerprint density at radius 3 is 2.42 bits per heavy atom. The Morgan fingerprint density at radius 1 is 1.05 bits per heavy atom. The SMILES string of the molecule is CC1C(=O)N2CCCC2C(=O)N1C1(C)CCCCC1. The lowest BCUT2D eigenvalue weighted by atomic mass is 9.80.